The van der Waals surface area contributed by atoms with Gasteiger partial charge in [0.15, 0.2) is 0 Å². The van der Waals surface area contributed by atoms with Crippen LogP contribution in [-0.2, 0) is 48.7 Å². The molecule has 6 heteroatoms. The van der Waals surface area contributed by atoms with Gasteiger partial charge in [-0.05, 0) is 27.7 Å². The zero-order valence-electron chi connectivity index (χ0n) is 25.2. The Labute approximate surface area is 263 Å². The number of carbonyl (C=O) groups excluding carboxylic acids is 1. The van der Waals surface area contributed by atoms with Crippen molar-refractivity contribution in [2.24, 2.45) is 16.7 Å². The van der Waals surface area contributed by atoms with Gasteiger partial charge in [0, 0.05) is 57.7 Å². The number of nitrogens with one attached hydrogen (secondary N) is 2. The minimum absolute atomic E-state index is 0. The van der Waals surface area contributed by atoms with Crippen molar-refractivity contribution in [2.45, 2.75) is 85.9 Å². The largest absolute Gasteiger partial charge is 0.376 e. The van der Waals surface area contributed by atoms with E-state index < -0.39 is 0 Å². The van der Waals surface area contributed by atoms with Crippen molar-refractivity contribution in [1.82, 2.24) is 16.0 Å². The van der Waals surface area contributed by atoms with Gasteiger partial charge in [0.05, 0.1) is 18.2 Å². The zero-order chi connectivity index (χ0) is 28.1. The van der Waals surface area contributed by atoms with Crippen LogP contribution in [0.1, 0.15) is 102 Å². The van der Waals surface area contributed by atoms with Gasteiger partial charge in [-0.2, -0.15) is 12.0 Å². The van der Waals surface area contributed by atoms with E-state index in [0.29, 0.717) is 6.61 Å². The molecule has 0 bridgehead atoms. The normalized spacial score (nSPS) is 21.6. The van der Waals surface area contributed by atoms with Gasteiger partial charge >= 0.3 is 0 Å². The first kappa shape index (κ1) is 34.3. The fraction of sp³-hybridized carbons (Fsp3) is 0.545. The van der Waals surface area contributed by atoms with Gasteiger partial charge in [0.25, 0.3) is 0 Å². The number of hydrazine groups is 2. The maximum Gasteiger partial charge on any atom is 0.111 e. The number of nitrogens with zero attached hydrogens (tertiary/aromatic N) is 1. The summed E-state index contributed by atoms with van der Waals surface area (Å²) in [5.41, 5.74) is 12.2. The standard InChI is InChI=1S/C21H26N3O.C12H23O.Y/c1-3-13-25-19-14-15-9-5-6-10-16(15)21-20(22-23-24(21)4-2)18-12-8-7-11-17(18)19;1-9(8-11(2,3)4)10(13)12(5,6)7;/h5-12,19-23H,1,3-4,13-14H2,2H3;9H,1,8H2,2-7H3;/q2*-1;. The second-order valence-electron chi connectivity index (χ2n) is 12.8. The Morgan fingerprint density at radius 2 is 1.62 bits per heavy atom. The number of hydrogen-bond acceptors (Lipinski definition) is 5. The molecular weight excluding hydrogens is 559 g/mol. The zero-order valence-corrected chi connectivity index (χ0v) is 28.1. The van der Waals surface area contributed by atoms with Crippen LogP contribution in [-0.4, -0.2) is 23.9 Å². The Bertz CT molecular complexity index is 1060. The van der Waals surface area contributed by atoms with Crippen LogP contribution in [0.4, 0.5) is 0 Å². The molecule has 1 radical (unpaired) electrons. The molecule has 213 valence electrons. The van der Waals surface area contributed by atoms with E-state index in [1.54, 1.807) is 0 Å². The third-order valence-electron chi connectivity index (χ3n) is 7.25. The summed E-state index contributed by atoms with van der Waals surface area (Å²) < 4.78 is 6.23. The number of rotatable bonds is 6. The van der Waals surface area contributed by atoms with E-state index in [1.807, 2.05) is 20.8 Å². The number of ketones is 1. The Balaban J connectivity index is 0.000000328. The van der Waals surface area contributed by atoms with E-state index in [2.05, 4.69) is 106 Å². The summed E-state index contributed by atoms with van der Waals surface area (Å²) in [6, 6.07) is 17.9. The fourth-order valence-electron chi connectivity index (χ4n) is 5.58. The maximum absolute atomic E-state index is 11.8. The molecule has 4 unspecified atom stereocenters. The molecule has 1 fully saturated rings. The summed E-state index contributed by atoms with van der Waals surface area (Å²) in [5.74, 6) is 0.197. The summed E-state index contributed by atoms with van der Waals surface area (Å²) in [6.45, 7) is 24.0. The molecule has 39 heavy (non-hydrogen) atoms. The quantitative estimate of drug-likeness (QED) is 0.342. The summed E-state index contributed by atoms with van der Waals surface area (Å²) in [6.07, 6.45) is 2.62. The summed E-state index contributed by atoms with van der Waals surface area (Å²) >= 11 is 0. The van der Waals surface area contributed by atoms with Crippen LogP contribution < -0.4 is 11.0 Å². The van der Waals surface area contributed by atoms with E-state index in [4.69, 9.17) is 4.74 Å². The molecular formula is C33H49N3O2Y-2. The molecule has 1 aliphatic carbocycles. The minimum atomic E-state index is -0.252. The molecule has 2 N–H and O–H groups in total. The third kappa shape index (κ3) is 9.02. The molecule has 4 rings (SSSR count). The van der Waals surface area contributed by atoms with Crippen LogP contribution in [0, 0.1) is 30.6 Å². The first-order chi connectivity index (χ1) is 17.9. The van der Waals surface area contributed by atoms with Crippen LogP contribution in [0.15, 0.2) is 48.5 Å². The topological polar surface area (TPSA) is 53.6 Å². The van der Waals surface area contributed by atoms with Gasteiger partial charge in [-0.3, -0.25) is 0 Å². The van der Waals surface area contributed by atoms with Crippen molar-refractivity contribution >= 4 is 5.78 Å². The van der Waals surface area contributed by atoms with E-state index in [-0.39, 0.29) is 73.4 Å². The Morgan fingerprint density at radius 3 is 2.18 bits per heavy atom. The summed E-state index contributed by atoms with van der Waals surface area (Å²) in [5, 5.41) is 2.29. The molecule has 0 spiro atoms. The summed E-state index contributed by atoms with van der Waals surface area (Å²) in [7, 11) is 0. The van der Waals surface area contributed by atoms with Crippen LogP contribution in [0.3, 0.4) is 0 Å². The van der Waals surface area contributed by atoms with Gasteiger partial charge < -0.3 is 23.4 Å². The van der Waals surface area contributed by atoms with Gasteiger partial charge in [0.1, 0.15) is 5.78 Å². The number of fused-ring (bicyclic) bond motifs is 5. The van der Waals surface area contributed by atoms with E-state index in [1.165, 1.54) is 22.3 Å². The van der Waals surface area contributed by atoms with Gasteiger partial charge in [-0.1, -0.05) is 103 Å². The van der Waals surface area contributed by atoms with Gasteiger partial charge in [-0.25, -0.2) is 10.4 Å². The average molecular weight is 609 g/mol. The second-order valence-corrected chi connectivity index (χ2v) is 12.8. The van der Waals surface area contributed by atoms with Crippen molar-refractivity contribution in [2.75, 3.05) is 13.2 Å². The molecule has 0 saturated carbocycles. The summed E-state index contributed by atoms with van der Waals surface area (Å²) in [4.78, 5) is 11.8. The number of likely N-dealkylation sites (N-methyl/N-ethyl adjacent to an activating group) is 1. The number of ether oxygens (including phenoxy) is 1. The molecule has 1 saturated heterocycles. The Kier molecular flexibility index (Phi) is 13.0. The van der Waals surface area contributed by atoms with Crippen molar-refractivity contribution in [3.8, 4) is 0 Å². The van der Waals surface area contributed by atoms with Gasteiger partial charge in [-0.15, -0.1) is 5.92 Å². The van der Waals surface area contributed by atoms with E-state index in [0.717, 1.165) is 25.8 Å². The second kappa shape index (κ2) is 14.8. The molecule has 5 nitrogen and oxygen atoms in total. The van der Waals surface area contributed by atoms with Gasteiger partial charge in [0.2, 0.25) is 0 Å². The molecule has 0 amide bonds. The molecule has 0 aromatic heterocycles. The third-order valence-corrected chi connectivity index (χ3v) is 7.25. The van der Waals surface area contributed by atoms with E-state index >= 15 is 0 Å². The van der Waals surface area contributed by atoms with Crippen LogP contribution in [0.25, 0.3) is 0 Å². The minimum Gasteiger partial charge on any atom is -0.376 e. The Morgan fingerprint density at radius 1 is 1.03 bits per heavy atom. The maximum atomic E-state index is 11.8. The number of Topliss-reactive ketones (excluding diaryl/α,β-unsaturated/α-hetero) is 1. The van der Waals surface area contributed by atoms with E-state index in [9.17, 15) is 4.79 Å². The number of benzene rings is 2. The first-order valence-electron chi connectivity index (χ1n) is 14.1. The van der Waals surface area contributed by atoms with Crippen molar-refractivity contribution < 1.29 is 42.2 Å². The van der Waals surface area contributed by atoms with Crippen molar-refractivity contribution in [3.63, 3.8) is 0 Å². The van der Waals surface area contributed by atoms with Crippen molar-refractivity contribution in [1.29, 1.82) is 0 Å². The van der Waals surface area contributed by atoms with Crippen LogP contribution in [0.2, 0.25) is 0 Å². The predicted octanol–water partition coefficient (Wildman–Crippen LogP) is 7.14. The molecule has 4 atom stereocenters. The molecule has 2 aromatic carbocycles. The number of carbonyl (C=O) groups is 1. The first-order valence-corrected chi connectivity index (χ1v) is 14.1. The molecule has 2 aliphatic rings. The monoisotopic (exact) mass is 608 g/mol. The molecule has 1 aliphatic heterocycles. The van der Waals surface area contributed by atoms with Crippen LogP contribution in [0.5, 0.6) is 0 Å². The smallest absolute Gasteiger partial charge is 0.111 e. The van der Waals surface area contributed by atoms with Crippen molar-refractivity contribution in [3.05, 3.63) is 84.6 Å². The Hall–Kier alpha value is -0.946. The fourth-order valence-corrected chi connectivity index (χ4v) is 5.58. The number of hydrogen-bond donors (Lipinski definition) is 2. The van der Waals surface area contributed by atoms with Crippen LogP contribution >= 0.6 is 0 Å². The average Bonchev–Trinajstić information content (AvgIpc) is 3.27. The predicted molar refractivity (Wildman–Crippen MR) is 157 cm³/mol. The molecule has 2 aromatic rings. The SMILES string of the molecule is [CH2-]C(CC(C)(C)C)C(=O)C(C)(C)C.[CH2-]CCOC1Cc2ccccc2C2C(NNN2CC)c2ccccc21.[Y]. The molecule has 1 heterocycles.